The van der Waals surface area contributed by atoms with Crippen LogP contribution in [-0.2, 0) is 0 Å². The minimum Gasteiger partial charge on any atom is -0.354 e. The SMILES string of the molecule is CNC(=O)c1cc2cc(F)cc(F)c2[nH]1.[HH]. The van der Waals surface area contributed by atoms with Crippen molar-refractivity contribution in [2.45, 2.75) is 0 Å². The van der Waals surface area contributed by atoms with Crippen molar-refractivity contribution < 1.29 is 15.0 Å². The van der Waals surface area contributed by atoms with E-state index in [1.807, 2.05) is 0 Å². The molecule has 1 heterocycles. The highest BCUT2D eigenvalue weighted by molar-refractivity contribution is 5.97. The van der Waals surface area contributed by atoms with Gasteiger partial charge in [0.25, 0.3) is 5.91 Å². The standard InChI is InChI=1S/C10H8F2N2O.H2/c1-13-10(15)8-3-5-2-6(11)4-7(12)9(5)14-8;/h2-4,14H,1H3,(H,13,15);1H. The first kappa shape index (κ1) is 9.64. The number of nitrogens with one attached hydrogen (secondary N) is 2. The molecular weight excluding hydrogens is 202 g/mol. The third kappa shape index (κ3) is 1.56. The number of hydrogen-bond acceptors (Lipinski definition) is 1. The lowest BCUT2D eigenvalue weighted by Crippen LogP contribution is -2.17. The van der Waals surface area contributed by atoms with E-state index >= 15 is 0 Å². The van der Waals surface area contributed by atoms with Gasteiger partial charge in [-0.1, -0.05) is 0 Å². The van der Waals surface area contributed by atoms with Crippen LogP contribution in [0.15, 0.2) is 18.2 Å². The van der Waals surface area contributed by atoms with E-state index in [1.54, 1.807) is 0 Å². The van der Waals surface area contributed by atoms with E-state index in [-0.39, 0.29) is 18.5 Å². The Labute approximate surface area is 85.6 Å². The summed E-state index contributed by atoms with van der Waals surface area (Å²) in [5, 5.41) is 2.73. The average molecular weight is 212 g/mol. The molecule has 3 nitrogen and oxygen atoms in total. The Morgan fingerprint density at radius 3 is 2.80 bits per heavy atom. The van der Waals surface area contributed by atoms with Crippen molar-refractivity contribution in [1.29, 1.82) is 0 Å². The van der Waals surface area contributed by atoms with Crippen molar-refractivity contribution in [2.75, 3.05) is 7.05 Å². The summed E-state index contributed by atoms with van der Waals surface area (Å²) < 4.78 is 26.1. The number of hydrogen-bond donors (Lipinski definition) is 2. The maximum Gasteiger partial charge on any atom is 0.267 e. The van der Waals surface area contributed by atoms with Crippen LogP contribution >= 0.6 is 0 Å². The van der Waals surface area contributed by atoms with Crippen molar-refractivity contribution in [2.24, 2.45) is 0 Å². The Balaban J connectivity index is 0.00000128. The minimum absolute atomic E-state index is 0. The van der Waals surface area contributed by atoms with Gasteiger partial charge in [0.15, 0.2) is 0 Å². The number of fused-ring (bicyclic) bond motifs is 1. The van der Waals surface area contributed by atoms with Crippen molar-refractivity contribution in [1.82, 2.24) is 10.3 Å². The summed E-state index contributed by atoms with van der Waals surface area (Å²) in [6, 6.07) is 3.34. The fourth-order valence-electron chi connectivity index (χ4n) is 1.42. The molecule has 80 valence electrons. The molecule has 2 rings (SSSR count). The molecule has 1 aromatic carbocycles. The first-order chi connectivity index (χ1) is 7.11. The van der Waals surface area contributed by atoms with Gasteiger partial charge >= 0.3 is 0 Å². The molecule has 0 bridgehead atoms. The van der Waals surface area contributed by atoms with Crippen molar-refractivity contribution in [3.63, 3.8) is 0 Å². The number of H-pyrrole nitrogens is 1. The normalized spacial score (nSPS) is 10.6. The first-order valence-electron chi connectivity index (χ1n) is 4.31. The van der Waals surface area contributed by atoms with Gasteiger partial charge in [-0.15, -0.1) is 0 Å². The second kappa shape index (κ2) is 3.34. The van der Waals surface area contributed by atoms with E-state index in [9.17, 15) is 13.6 Å². The van der Waals surface area contributed by atoms with Crippen LogP contribution in [-0.4, -0.2) is 17.9 Å². The van der Waals surface area contributed by atoms with E-state index in [1.165, 1.54) is 19.2 Å². The monoisotopic (exact) mass is 212 g/mol. The highest BCUT2D eigenvalue weighted by Crippen LogP contribution is 2.20. The third-order valence-electron chi connectivity index (χ3n) is 2.12. The zero-order valence-corrected chi connectivity index (χ0v) is 7.90. The number of aromatic amines is 1. The van der Waals surface area contributed by atoms with Gasteiger partial charge < -0.3 is 10.3 Å². The molecule has 0 atom stereocenters. The van der Waals surface area contributed by atoms with Crippen LogP contribution in [0.5, 0.6) is 0 Å². The molecule has 0 fully saturated rings. The second-order valence-electron chi connectivity index (χ2n) is 3.11. The fraction of sp³-hybridized carbons (Fsp3) is 0.100. The Morgan fingerprint density at radius 1 is 1.40 bits per heavy atom. The zero-order chi connectivity index (χ0) is 11.0. The van der Waals surface area contributed by atoms with Crippen molar-refractivity contribution in [3.05, 3.63) is 35.5 Å². The molecular formula is C10H10F2N2O. The molecule has 0 unspecified atom stereocenters. The molecule has 1 aromatic heterocycles. The third-order valence-corrected chi connectivity index (χ3v) is 2.12. The van der Waals surface area contributed by atoms with Crippen LogP contribution in [0.4, 0.5) is 8.78 Å². The van der Waals surface area contributed by atoms with Gasteiger partial charge in [0.2, 0.25) is 0 Å². The molecule has 1 amide bonds. The smallest absolute Gasteiger partial charge is 0.267 e. The molecule has 0 saturated carbocycles. The summed E-state index contributed by atoms with van der Waals surface area (Å²) in [5.41, 5.74) is 0.340. The summed E-state index contributed by atoms with van der Waals surface area (Å²) in [4.78, 5) is 13.8. The van der Waals surface area contributed by atoms with Crippen LogP contribution in [0, 0.1) is 11.6 Å². The molecule has 0 aliphatic carbocycles. The minimum atomic E-state index is -0.708. The summed E-state index contributed by atoms with van der Waals surface area (Å²) in [6.45, 7) is 0. The van der Waals surface area contributed by atoms with Gasteiger partial charge in [-0.3, -0.25) is 4.79 Å². The van der Waals surface area contributed by atoms with E-state index in [0.717, 1.165) is 6.07 Å². The van der Waals surface area contributed by atoms with Gasteiger partial charge in [-0.05, 0) is 12.1 Å². The number of benzene rings is 1. The van der Waals surface area contributed by atoms with Gasteiger partial charge in [-0.25, -0.2) is 8.78 Å². The zero-order valence-electron chi connectivity index (χ0n) is 7.90. The molecule has 15 heavy (non-hydrogen) atoms. The molecule has 2 N–H and O–H groups in total. The fourth-order valence-corrected chi connectivity index (χ4v) is 1.42. The maximum atomic E-state index is 13.2. The van der Waals surface area contributed by atoms with Gasteiger partial charge in [0.05, 0.1) is 5.52 Å². The average Bonchev–Trinajstić information content (AvgIpc) is 2.60. The van der Waals surface area contributed by atoms with E-state index < -0.39 is 11.6 Å². The Hall–Kier alpha value is -1.91. The molecule has 0 saturated heterocycles. The lowest BCUT2D eigenvalue weighted by atomic mass is 10.2. The largest absolute Gasteiger partial charge is 0.354 e. The molecule has 2 aromatic rings. The summed E-state index contributed by atoms with van der Waals surface area (Å²) >= 11 is 0. The van der Waals surface area contributed by atoms with E-state index in [2.05, 4.69) is 10.3 Å². The van der Waals surface area contributed by atoms with Crippen LogP contribution < -0.4 is 5.32 Å². The van der Waals surface area contributed by atoms with Crippen LogP contribution in [0.25, 0.3) is 10.9 Å². The predicted molar refractivity (Wildman–Crippen MR) is 53.7 cm³/mol. The van der Waals surface area contributed by atoms with E-state index in [4.69, 9.17) is 0 Å². The summed E-state index contributed by atoms with van der Waals surface area (Å²) in [5.74, 6) is -1.74. The van der Waals surface area contributed by atoms with Crippen molar-refractivity contribution in [3.8, 4) is 0 Å². The van der Waals surface area contributed by atoms with Crippen molar-refractivity contribution >= 4 is 16.8 Å². The predicted octanol–water partition coefficient (Wildman–Crippen LogP) is 2.05. The highest BCUT2D eigenvalue weighted by atomic mass is 19.1. The van der Waals surface area contributed by atoms with Gasteiger partial charge in [0.1, 0.15) is 17.3 Å². The highest BCUT2D eigenvalue weighted by Gasteiger charge is 2.11. The van der Waals surface area contributed by atoms with Gasteiger partial charge in [0, 0.05) is 19.9 Å². The summed E-state index contributed by atoms with van der Waals surface area (Å²) in [6.07, 6.45) is 0. The number of carbonyl (C=O) groups is 1. The summed E-state index contributed by atoms with van der Waals surface area (Å²) in [7, 11) is 1.46. The van der Waals surface area contributed by atoms with Crippen LogP contribution in [0.2, 0.25) is 0 Å². The number of rotatable bonds is 1. The molecule has 0 aliphatic rings. The van der Waals surface area contributed by atoms with E-state index in [0.29, 0.717) is 5.39 Å². The number of carbonyl (C=O) groups excluding carboxylic acids is 1. The maximum absolute atomic E-state index is 13.2. The topological polar surface area (TPSA) is 44.9 Å². The molecule has 5 heteroatoms. The molecule has 0 aliphatic heterocycles. The Morgan fingerprint density at radius 2 is 2.13 bits per heavy atom. The first-order valence-corrected chi connectivity index (χ1v) is 4.31. The molecule has 0 radical (unpaired) electrons. The number of aromatic nitrogens is 1. The number of amides is 1. The lowest BCUT2D eigenvalue weighted by molar-refractivity contribution is 0.0959. The van der Waals surface area contributed by atoms with Gasteiger partial charge in [-0.2, -0.15) is 0 Å². The Bertz CT molecular complexity index is 539. The second-order valence-corrected chi connectivity index (χ2v) is 3.11. The Kier molecular flexibility index (Phi) is 2.15. The number of halogens is 2. The quantitative estimate of drug-likeness (QED) is 0.746. The van der Waals surface area contributed by atoms with Crippen LogP contribution in [0.3, 0.4) is 0 Å². The van der Waals surface area contributed by atoms with Crippen LogP contribution in [0.1, 0.15) is 11.9 Å². The lowest BCUT2D eigenvalue weighted by Gasteiger charge is -1.93. The molecule has 0 spiro atoms.